The second-order valence-corrected chi connectivity index (χ2v) is 10.6. The maximum Gasteiger partial charge on any atom is 0.498 e. The lowest BCUT2D eigenvalue weighted by molar-refractivity contribution is -0.149. The molecule has 0 aromatic carbocycles. The van der Waals surface area contributed by atoms with Crippen molar-refractivity contribution in [2.24, 2.45) is 4.99 Å². The second-order valence-electron chi connectivity index (χ2n) is 10.6. The summed E-state index contributed by atoms with van der Waals surface area (Å²) in [4.78, 5) is 26.3. The molecule has 1 N–H and O–H groups in total. The summed E-state index contributed by atoms with van der Waals surface area (Å²) in [6.45, 7) is 14.0. The van der Waals surface area contributed by atoms with Crippen LogP contribution in [0.1, 0.15) is 51.5 Å². The van der Waals surface area contributed by atoms with E-state index in [4.69, 9.17) is 9.31 Å². The number of nitrogens with zero attached hydrogens (tertiary/aromatic N) is 6. The molecule has 0 spiro atoms. The van der Waals surface area contributed by atoms with Crippen molar-refractivity contribution in [3.8, 4) is 0 Å². The first-order chi connectivity index (χ1) is 17.2. The van der Waals surface area contributed by atoms with E-state index < -0.39 is 36.4 Å². The smallest absolute Gasteiger partial charge is 0.399 e. The largest absolute Gasteiger partial charge is 0.498 e. The molecule has 0 radical (unpaired) electrons. The highest BCUT2D eigenvalue weighted by atomic mass is 19.4. The topological polar surface area (TPSA) is 107 Å². The van der Waals surface area contributed by atoms with Crippen LogP contribution in [-0.4, -0.2) is 82.5 Å². The van der Waals surface area contributed by atoms with Gasteiger partial charge in [0.05, 0.1) is 29.1 Å². The first-order valence-electron chi connectivity index (χ1n) is 12.0. The van der Waals surface area contributed by atoms with Gasteiger partial charge in [-0.05, 0) is 47.8 Å². The third-order valence-electron chi connectivity index (χ3n) is 7.35. The zero-order chi connectivity index (χ0) is 27.2. The quantitative estimate of drug-likeness (QED) is 0.418. The Kier molecular flexibility index (Phi) is 6.86. The summed E-state index contributed by atoms with van der Waals surface area (Å²) in [5, 5.41) is 6.48. The Morgan fingerprint density at radius 2 is 1.84 bits per heavy atom. The molecule has 0 bridgehead atoms. The molecule has 0 unspecified atom stereocenters. The van der Waals surface area contributed by atoms with Crippen LogP contribution in [0.4, 0.5) is 19.0 Å². The molecule has 0 aliphatic carbocycles. The van der Waals surface area contributed by atoms with Crippen LogP contribution in [0.2, 0.25) is 0 Å². The van der Waals surface area contributed by atoms with E-state index in [-0.39, 0.29) is 11.2 Å². The molecule has 2 saturated heterocycles. The van der Waals surface area contributed by atoms with Gasteiger partial charge in [0.2, 0.25) is 0 Å². The van der Waals surface area contributed by atoms with Crippen molar-refractivity contribution in [1.29, 1.82) is 0 Å². The van der Waals surface area contributed by atoms with E-state index in [1.54, 1.807) is 6.20 Å². The van der Waals surface area contributed by atoms with Crippen LogP contribution in [0.3, 0.4) is 0 Å². The van der Waals surface area contributed by atoms with Gasteiger partial charge >= 0.3 is 13.3 Å². The number of rotatable bonds is 8. The van der Waals surface area contributed by atoms with Crippen LogP contribution in [0.5, 0.6) is 0 Å². The van der Waals surface area contributed by atoms with E-state index in [0.717, 1.165) is 12.4 Å². The van der Waals surface area contributed by atoms with Gasteiger partial charge in [-0.25, -0.2) is 9.97 Å². The molecule has 2 fully saturated rings. The highest BCUT2D eigenvalue weighted by Gasteiger charge is 2.53. The average molecular weight is 521 g/mol. The minimum atomic E-state index is -4.54. The van der Waals surface area contributed by atoms with Crippen molar-refractivity contribution in [1.82, 2.24) is 25.1 Å². The summed E-state index contributed by atoms with van der Waals surface area (Å²) in [6.07, 6.45) is 2.34. The summed E-state index contributed by atoms with van der Waals surface area (Å²) in [5.41, 5.74) is -0.704. The van der Waals surface area contributed by atoms with Gasteiger partial charge in [0.1, 0.15) is 17.6 Å². The van der Waals surface area contributed by atoms with Crippen molar-refractivity contribution in [2.45, 2.75) is 70.0 Å². The Labute approximate surface area is 213 Å². The van der Waals surface area contributed by atoms with Crippen LogP contribution in [0.25, 0.3) is 0 Å². The number of aliphatic imine (C=N–C) groups is 1. The third kappa shape index (κ3) is 5.21. The highest BCUT2D eigenvalue weighted by Crippen LogP contribution is 2.37. The molecule has 200 valence electrons. The lowest BCUT2D eigenvalue weighted by Gasteiger charge is -2.50. The van der Waals surface area contributed by atoms with Gasteiger partial charge in [-0.1, -0.05) is 0 Å². The number of halogens is 3. The number of nitrogens with one attached hydrogen (secondary N) is 1. The number of carbonyl (C=O) groups excluding carboxylic acids is 1. The summed E-state index contributed by atoms with van der Waals surface area (Å²) in [6, 6.07) is -1.99. The summed E-state index contributed by atoms with van der Waals surface area (Å²) in [7, 11) is -0.533. The predicted molar refractivity (Wildman–Crippen MR) is 132 cm³/mol. The van der Waals surface area contributed by atoms with Gasteiger partial charge < -0.3 is 24.5 Å². The van der Waals surface area contributed by atoms with Crippen LogP contribution in [0.15, 0.2) is 29.8 Å². The average Bonchev–Trinajstić information content (AvgIpc) is 3.35. The summed E-state index contributed by atoms with van der Waals surface area (Å²) < 4.78 is 52.3. The minimum Gasteiger partial charge on any atom is -0.399 e. The molecule has 37 heavy (non-hydrogen) atoms. The Morgan fingerprint density at radius 1 is 1.19 bits per heavy atom. The number of aromatic nitrogens is 4. The normalized spacial score (nSPS) is 20.9. The molecule has 4 rings (SSSR count). The predicted octanol–water partition coefficient (Wildman–Crippen LogP) is 1.96. The van der Waals surface area contributed by atoms with E-state index in [0.29, 0.717) is 31.9 Å². The van der Waals surface area contributed by atoms with E-state index in [1.807, 2.05) is 48.8 Å². The number of carbonyl (C=O) groups is 1. The summed E-state index contributed by atoms with van der Waals surface area (Å²) >= 11 is 0. The van der Waals surface area contributed by atoms with Gasteiger partial charge in [0, 0.05) is 37.5 Å². The Balaban J connectivity index is 1.45. The van der Waals surface area contributed by atoms with Crippen molar-refractivity contribution in [3.05, 3.63) is 30.5 Å². The van der Waals surface area contributed by atoms with Gasteiger partial charge in [-0.2, -0.15) is 18.3 Å². The molecule has 2 aromatic rings. The zero-order valence-electron chi connectivity index (χ0n) is 21.5. The third-order valence-corrected chi connectivity index (χ3v) is 7.35. The molecule has 2 aliphatic heterocycles. The van der Waals surface area contributed by atoms with Crippen LogP contribution in [-0.2, 0) is 14.8 Å². The monoisotopic (exact) mass is 521 g/mol. The molecular weight excluding hydrogens is 490 g/mol. The van der Waals surface area contributed by atoms with Gasteiger partial charge in [-0.3, -0.25) is 9.48 Å². The maximum absolute atomic E-state index is 12.7. The first-order valence-corrected chi connectivity index (χ1v) is 12.0. The fraction of sp³-hybridized carbons (Fsp3) is 0.609. The van der Waals surface area contributed by atoms with Gasteiger partial charge in [-0.15, -0.1) is 0 Å². The maximum atomic E-state index is 12.7. The molecule has 10 nitrogen and oxygen atoms in total. The first kappa shape index (κ1) is 27.1. The Morgan fingerprint density at radius 3 is 2.38 bits per heavy atom. The fourth-order valence-corrected chi connectivity index (χ4v) is 4.18. The van der Waals surface area contributed by atoms with Crippen molar-refractivity contribution < 1.29 is 27.3 Å². The van der Waals surface area contributed by atoms with Crippen molar-refractivity contribution in [3.63, 3.8) is 0 Å². The summed E-state index contributed by atoms with van der Waals surface area (Å²) in [5.74, 6) is -0.438. The van der Waals surface area contributed by atoms with E-state index in [9.17, 15) is 18.0 Å². The number of amides is 1. The number of alkyl halides is 3. The fourth-order valence-electron chi connectivity index (χ4n) is 4.18. The van der Waals surface area contributed by atoms with Crippen LogP contribution in [0, 0.1) is 0 Å². The molecule has 0 saturated carbocycles. The van der Waals surface area contributed by atoms with Crippen molar-refractivity contribution in [2.75, 3.05) is 24.5 Å². The van der Waals surface area contributed by atoms with E-state index in [2.05, 4.69) is 26.8 Å². The highest BCUT2D eigenvalue weighted by molar-refractivity contribution is 6.62. The Hall–Kier alpha value is -3.00. The molecule has 1 amide bonds. The van der Waals surface area contributed by atoms with E-state index >= 15 is 0 Å². The number of hydrogen-bond donors (Lipinski definition) is 1. The lowest BCUT2D eigenvalue weighted by Crippen LogP contribution is -2.63. The molecule has 2 aliphatic rings. The number of anilines is 1. The minimum absolute atomic E-state index is 0.193. The van der Waals surface area contributed by atoms with Gasteiger partial charge in [0.15, 0.2) is 0 Å². The SMILES string of the molecule is C=NCCC1(n2cc(B3OC(C)(C)C(C)(C)O3)cn2)CN(c2cnc(C(=O)N[C@@H](C)C(F)(F)F)cn2)C1. The molecule has 1 atom stereocenters. The number of hydrogen-bond acceptors (Lipinski definition) is 8. The second kappa shape index (κ2) is 9.39. The zero-order valence-corrected chi connectivity index (χ0v) is 21.5. The molecule has 14 heteroatoms. The van der Waals surface area contributed by atoms with Crippen LogP contribution < -0.4 is 15.7 Å². The molecule has 2 aromatic heterocycles. The van der Waals surface area contributed by atoms with E-state index in [1.165, 1.54) is 12.4 Å². The Bertz CT molecular complexity index is 1130. The van der Waals surface area contributed by atoms with Crippen LogP contribution >= 0.6 is 0 Å². The molecule has 4 heterocycles. The standard InChI is InChI=1S/C23H31BF3N7O3/c1-15(23(25,26)27)32-19(35)17-10-30-18(11-29-17)33-13-22(14-33,7-8-28-6)34-12-16(9-31-34)24-36-20(2,3)21(4,5)37-24/h9-12,15H,6-8,13-14H2,1-5H3,(H,32,35)/t15-/m0/s1. The molecular formula is C23H31BF3N7O3. The lowest BCUT2D eigenvalue weighted by atomic mass is 9.81. The van der Waals surface area contributed by atoms with Gasteiger partial charge in [0.25, 0.3) is 5.91 Å². The van der Waals surface area contributed by atoms with Crippen molar-refractivity contribution >= 4 is 31.0 Å².